The molecule has 1 aliphatic rings. The molecule has 0 spiro atoms. The molecule has 132 valence electrons. The molecule has 0 radical (unpaired) electrons. The smallest absolute Gasteiger partial charge is 0.135 e. The van der Waals surface area contributed by atoms with Crippen molar-refractivity contribution in [3.63, 3.8) is 0 Å². The van der Waals surface area contributed by atoms with Gasteiger partial charge in [-0.2, -0.15) is 0 Å². The van der Waals surface area contributed by atoms with E-state index in [1.807, 2.05) is 16.9 Å². The van der Waals surface area contributed by atoms with E-state index >= 15 is 0 Å². The molecule has 0 saturated carbocycles. The Labute approximate surface area is 145 Å². The van der Waals surface area contributed by atoms with E-state index in [9.17, 15) is 0 Å². The first-order valence-corrected chi connectivity index (χ1v) is 8.73. The first-order chi connectivity index (χ1) is 12.3. The maximum absolute atomic E-state index is 8.95. The molecule has 8 heteroatoms. The number of hydrogen-bond donors (Lipinski definition) is 1. The summed E-state index contributed by atoms with van der Waals surface area (Å²) >= 11 is 0. The van der Waals surface area contributed by atoms with Crippen molar-refractivity contribution in [1.29, 1.82) is 0 Å². The molecule has 3 aromatic rings. The lowest BCUT2D eigenvalue weighted by atomic mass is 9.96. The van der Waals surface area contributed by atoms with Crippen molar-refractivity contribution in [3.05, 3.63) is 35.7 Å². The van der Waals surface area contributed by atoms with Crippen molar-refractivity contribution in [1.82, 2.24) is 30.2 Å². The van der Waals surface area contributed by atoms with Crippen LogP contribution in [0.4, 0.5) is 0 Å². The Hall–Kier alpha value is -2.32. The van der Waals surface area contributed by atoms with Gasteiger partial charge in [-0.1, -0.05) is 11.3 Å². The lowest BCUT2D eigenvalue weighted by Crippen LogP contribution is -2.34. The minimum atomic E-state index is 0.118. The number of fused-ring (bicyclic) bond motifs is 1. The van der Waals surface area contributed by atoms with Crippen molar-refractivity contribution >= 4 is 11.0 Å². The fourth-order valence-electron chi connectivity index (χ4n) is 3.43. The van der Waals surface area contributed by atoms with E-state index in [2.05, 4.69) is 37.7 Å². The summed E-state index contributed by atoms with van der Waals surface area (Å²) in [6.45, 7) is 4.12. The molecule has 25 heavy (non-hydrogen) atoms. The fraction of sp³-hybridized carbons (Fsp3) is 0.529. The topological polar surface area (TPSA) is 93.1 Å². The zero-order valence-electron chi connectivity index (χ0n) is 14.1. The van der Waals surface area contributed by atoms with Crippen LogP contribution in [-0.2, 0) is 19.5 Å². The second kappa shape index (κ2) is 7.28. The number of nitrogens with zero attached hydrogens (tertiary/aromatic N) is 6. The molecule has 2 aromatic heterocycles. The summed E-state index contributed by atoms with van der Waals surface area (Å²) in [6.07, 6.45) is 4.83. The predicted molar refractivity (Wildman–Crippen MR) is 90.6 cm³/mol. The van der Waals surface area contributed by atoms with Crippen LogP contribution in [0.1, 0.15) is 24.1 Å². The Kier molecular flexibility index (Phi) is 4.71. The first kappa shape index (κ1) is 16.2. The zero-order chi connectivity index (χ0) is 17.1. The van der Waals surface area contributed by atoms with Crippen LogP contribution >= 0.6 is 0 Å². The Balaban J connectivity index is 1.28. The van der Waals surface area contributed by atoms with Crippen molar-refractivity contribution in [2.75, 3.05) is 19.7 Å². The molecular formula is C17H22N6O2. The third-order valence-corrected chi connectivity index (χ3v) is 4.83. The van der Waals surface area contributed by atoms with Crippen LogP contribution in [0.2, 0.25) is 0 Å². The van der Waals surface area contributed by atoms with Crippen LogP contribution in [0, 0.1) is 5.92 Å². The number of hydrogen-bond acceptors (Lipinski definition) is 7. The van der Waals surface area contributed by atoms with Gasteiger partial charge in [0.1, 0.15) is 11.0 Å². The third kappa shape index (κ3) is 3.85. The van der Waals surface area contributed by atoms with Gasteiger partial charge in [0.25, 0.3) is 0 Å². The Morgan fingerprint density at radius 3 is 2.84 bits per heavy atom. The first-order valence-electron chi connectivity index (χ1n) is 8.73. The molecule has 1 aliphatic heterocycles. The normalized spacial score (nSPS) is 16.7. The Morgan fingerprint density at radius 2 is 2.00 bits per heavy atom. The highest BCUT2D eigenvalue weighted by Gasteiger charge is 2.20. The molecular weight excluding hydrogens is 320 g/mol. The van der Waals surface area contributed by atoms with E-state index in [1.165, 1.54) is 5.56 Å². The standard InChI is InChI=1S/C17H22N6O2/c24-8-5-15-12-23(21-18-15)11-13-3-6-22(7-4-13)10-14-1-2-16-17(9-14)20-25-19-16/h1-2,9,12-13,24H,3-8,10-11H2. The minimum Gasteiger partial charge on any atom is -0.396 e. The van der Waals surface area contributed by atoms with Gasteiger partial charge in [0, 0.05) is 32.3 Å². The van der Waals surface area contributed by atoms with Gasteiger partial charge in [-0.05, 0) is 59.9 Å². The Morgan fingerprint density at radius 1 is 1.16 bits per heavy atom. The second-order valence-corrected chi connectivity index (χ2v) is 6.71. The molecule has 4 rings (SSSR count). The number of aliphatic hydroxyl groups is 1. The van der Waals surface area contributed by atoms with Crippen molar-refractivity contribution in [2.45, 2.75) is 32.4 Å². The lowest BCUT2D eigenvalue weighted by Gasteiger charge is -2.31. The minimum absolute atomic E-state index is 0.118. The average molecular weight is 342 g/mol. The maximum atomic E-state index is 8.95. The van der Waals surface area contributed by atoms with Gasteiger partial charge in [0.05, 0.1) is 5.69 Å². The summed E-state index contributed by atoms with van der Waals surface area (Å²) in [5.41, 5.74) is 3.72. The average Bonchev–Trinajstić information content (AvgIpc) is 3.26. The van der Waals surface area contributed by atoms with Gasteiger partial charge in [-0.15, -0.1) is 5.10 Å². The summed E-state index contributed by atoms with van der Waals surface area (Å²) in [7, 11) is 0. The van der Waals surface area contributed by atoms with Crippen LogP contribution in [0.5, 0.6) is 0 Å². The number of rotatable bonds is 6. The predicted octanol–water partition coefficient (Wildman–Crippen LogP) is 1.26. The molecule has 1 saturated heterocycles. The number of benzene rings is 1. The number of aliphatic hydroxyl groups excluding tert-OH is 1. The van der Waals surface area contributed by atoms with Crippen LogP contribution < -0.4 is 0 Å². The van der Waals surface area contributed by atoms with Crippen molar-refractivity contribution < 1.29 is 9.74 Å². The van der Waals surface area contributed by atoms with Crippen LogP contribution in [0.15, 0.2) is 29.0 Å². The van der Waals surface area contributed by atoms with Gasteiger partial charge >= 0.3 is 0 Å². The molecule has 1 N–H and O–H groups in total. The third-order valence-electron chi connectivity index (χ3n) is 4.83. The van der Waals surface area contributed by atoms with Crippen molar-refractivity contribution in [3.8, 4) is 0 Å². The van der Waals surface area contributed by atoms with E-state index in [1.54, 1.807) is 0 Å². The molecule has 0 atom stereocenters. The summed E-state index contributed by atoms with van der Waals surface area (Å²) in [6, 6.07) is 6.11. The maximum Gasteiger partial charge on any atom is 0.135 e. The van der Waals surface area contributed by atoms with Crippen molar-refractivity contribution in [2.24, 2.45) is 5.92 Å². The molecule has 0 aliphatic carbocycles. The van der Waals surface area contributed by atoms with Gasteiger partial charge < -0.3 is 5.11 Å². The van der Waals surface area contributed by atoms with Crippen LogP contribution in [0.25, 0.3) is 11.0 Å². The molecule has 0 bridgehead atoms. The fourth-order valence-corrected chi connectivity index (χ4v) is 3.43. The molecule has 1 fully saturated rings. The van der Waals surface area contributed by atoms with E-state index in [-0.39, 0.29) is 6.61 Å². The molecule has 1 aromatic carbocycles. The highest BCUT2D eigenvalue weighted by atomic mass is 16.6. The second-order valence-electron chi connectivity index (χ2n) is 6.71. The summed E-state index contributed by atoms with van der Waals surface area (Å²) in [4.78, 5) is 2.48. The SMILES string of the molecule is OCCc1cn(CC2CCN(Cc3ccc4nonc4c3)CC2)nn1. The summed E-state index contributed by atoms with van der Waals surface area (Å²) in [5, 5.41) is 25.0. The lowest BCUT2D eigenvalue weighted by molar-refractivity contribution is 0.164. The monoisotopic (exact) mass is 342 g/mol. The molecule has 0 amide bonds. The van der Waals surface area contributed by atoms with Gasteiger partial charge in [-0.3, -0.25) is 9.58 Å². The zero-order valence-corrected chi connectivity index (χ0v) is 14.1. The summed E-state index contributed by atoms with van der Waals surface area (Å²) in [5.74, 6) is 0.627. The largest absolute Gasteiger partial charge is 0.396 e. The quantitative estimate of drug-likeness (QED) is 0.721. The number of piperidine rings is 1. The highest BCUT2D eigenvalue weighted by molar-refractivity contribution is 5.73. The number of likely N-dealkylation sites (tertiary alicyclic amines) is 1. The van der Waals surface area contributed by atoms with Crippen LogP contribution in [-0.4, -0.2) is 55.0 Å². The van der Waals surface area contributed by atoms with Gasteiger partial charge in [0.2, 0.25) is 0 Å². The van der Waals surface area contributed by atoms with E-state index in [4.69, 9.17) is 9.74 Å². The number of aromatic nitrogens is 5. The van der Waals surface area contributed by atoms with Gasteiger partial charge in [0.15, 0.2) is 0 Å². The van der Waals surface area contributed by atoms with E-state index in [0.29, 0.717) is 12.3 Å². The highest BCUT2D eigenvalue weighted by Crippen LogP contribution is 2.21. The molecule has 3 heterocycles. The van der Waals surface area contributed by atoms with E-state index in [0.717, 1.165) is 55.7 Å². The van der Waals surface area contributed by atoms with E-state index < -0.39 is 0 Å². The molecule has 8 nitrogen and oxygen atoms in total. The Bertz CT molecular complexity index is 821. The van der Waals surface area contributed by atoms with Crippen LogP contribution in [0.3, 0.4) is 0 Å². The van der Waals surface area contributed by atoms with Gasteiger partial charge in [-0.25, -0.2) is 4.63 Å². The molecule has 0 unspecified atom stereocenters. The summed E-state index contributed by atoms with van der Waals surface area (Å²) < 4.78 is 6.67.